The lowest BCUT2D eigenvalue weighted by molar-refractivity contribution is 0.212. The van der Waals surface area contributed by atoms with Crippen LogP contribution < -0.4 is 0 Å². The maximum Gasteiger partial charge on any atom is 0.218 e. The molecule has 0 N–H and O–H groups in total. The zero-order chi connectivity index (χ0) is 21.2. The number of piperazine rings is 1. The molecule has 3 rings (SSSR count). The van der Waals surface area contributed by atoms with E-state index in [0.29, 0.717) is 11.1 Å². The summed E-state index contributed by atoms with van der Waals surface area (Å²) in [5, 5.41) is 0. The van der Waals surface area contributed by atoms with Crippen LogP contribution in [0.5, 0.6) is 0 Å². The van der Waals surface area contributed by atoms with Gasteiger partial charge in [-0.2, -0.15) is 8.61 Å². The third-order valence-electron chi connectivity index (χ3n) is 4.80. The van der Waals surface area contributed by atoms with Crippen molar-refractivity contribution in [2.24, 2.45) is 0 Å². The van der Waals surface area contributed by atoms with Gasteiger partial charge in [-0.1, -0.05) is 24.3 Å². The smallest absolute Gasteiger partial charge is 0.212 e. The molecule has 29 heavy (non-hydrogen) atoms. The van der Waals surface area contributed by atoms with Crippen LogP contribution in [0.4, 0.5) is 8.78 Å². The minimum Gasteiger partial charge on any atom is -0.212 e. The second kappa shape index (κ2) is 8.47. The van der Waals surface area contributed by atoms with Crippen LogP contribution in [0.1, 0.15) is 18.1 Å². The summed E-state index contributed by atoms with van der Waals surface area (Å²) in [7, 11) is -7.35. The Bertz CT molecular complexity index is 1060. The van der Waals surface area contributed by atoms with Crippen LogP contribution in [-0.4, -0.2) is 51.1 Å². The minimum absolute atomic E-state index is 0.0339. The van der Waals surface area contributed by atoms with Crippen molar-refractivity contribution in [1.82, 2.24) is 8.61 Å². The number of hydrogen-bond donors (Lipinski definition) is 0. The highest BCUT2D eigenvalue weighted by Crippen LogP contribution is 2.22. The Morgan fingerprint density at radius 1 is 0.793 bits per heavy atom. The summed E-state index contributed by atoms with van der Waals surface area (Å²) in [5.74, 6) is -1.44. The number of benzene rings is 2. The molecule has 1 saturated heterocycles. The van der Waals surface area contributed by atoms with Crippen molar-refractivity contribution in [1.29, 1.82) is 0 Å². The first-order valence-corrected chi connectivity index (χ1v) is 12.2. The van der Waals surface area contributed by atoms with Crippen LogP contribution in [0, 0.1) is 11.6 Å². The van der Waals surface area contributed by atoms with Crippen LogP contribution in [0.25, 0.3) is 0 Å². The molecular formula is C19H22F2N2O4S2. The largest absolute Gasteiger partial charge is 0.218 e. The lowest BCUT2D eigenvalue weighted by Gasteiger charge is -2.38. The molecule has 1 fully saturated rings. The first-order chi connectivity index (χ1) is 13.6. The summed E-state index contributed by atoms with van der Waals surface area (Å²) < 4.78 is 79.5. The molecule has 1 heterocycles. The molecule has 0 spiro atoms. The Labute approximate surface area is 169 Å². The molecule has 1 atom stereocenters. The van der Waals surface area contributed by atoms with Gasteiger partial charge >= 0.3 is 0 Å². The molecule has 10 heteroatoms. The molecule has 0 aromatic heterocycles. The van der Waals surface area contributed by atoms with Crippen LogP contribution in [0.3, 0.4) is 0 Å². The molecule has 158 valence electrons. The Balaban J connectivity index is 1.67. The van der Waals surface area contributed by atoms with E-state index in [9.17, 15) is 25.6 Å². The number of nitrogens with zero attached hydrogens (tertiary/aromatic N) is 2. The molecule has 2 aromatic carbocycles. The Morgan fingerprint density at radius 3 is 1.69 bits per heavy atom. The average Bonchev–Trinajstić information content (AvgIpc) is 2.65. The van der Waals surface area contributed by atoms with E-state index in [2.05, 4.69) is 0 Å². The van der Waals surface area contributed by atoms with E-state index in [1.54, 1.807) is 6.92 Å². The quantitative estimate of drug-likeness (QED) is 0.686. The van der Waals surface area contributed by atoms with Gasteiger partial charge < -0.3 is 0 Å². The van der Waals surface area contributed by atoms with Crippen molar-refractivity contribution in [3.8, 4) is 0 Å². The molecule has 0 aliphatic carbocycles. The molecule has 0 unspecified atom stereocenters. The van der Waals surface area contributed by atoms with E-state index in [-0.39, 0.29) is 31.1 Å². The molecular weight excluding hydrogens is 422 g/mol. The lowest BCUT2D eigenvalue weighted by atomic mass is 10.2. The maximum absolute atomic E-state index is 13.0. The number of hydrogen-bond acceptors (Lipinski definition) is 4. The van der Waals surface area contributed by atoms with E-state index in [1.807, 2.05) is 0 Å². The van der Waals surface area contributed by atoms with Gasteiger partial charge in [0, 0.05) is 25.7 Å². The van der Waals surface area contributed by atoms with E-state index in [4.69, 9.17) is 0 Å². The van der Waals surface area contributed by atoms with E-state index >= 15 is 0 Å². The second-order valence-corrected chi connectivity index (χ2v) is 11.0. The standard InChI is InChI=1S/C19H22F2N2O4S2/c1-15-12-22(28(24,25)13-16-2-6-18(20)7-3-16)10-11-23(15)29(26,27)14-17-4-8-19(21)9-5-17/h2-9,15H,10-14H2,1H3/t15-/m1/s1. The molecule has 0 saturated carbocycles. The first-order valence-electron chi connectivity index (χ1n) is 9.03. The fourth-order valence-corrected chi connectivity index (χ4v) is 6.68. The fraction of sp³-hybridized carbons (Fsp3) is 0.368. The molecule has 0 amide bonds. The average molecular weight is 445 g/mol. The molecule has 1 aliphatic heterocycles. The number of rotatable bonds is 6. The van der Waals surface area contributed by atoms with E-state index in [1.165, 1.54) is 57.1 Å². The van der Waals surface area contributed by atoms with Crippen molar-refractivity contribution in [3.63, 3.8) is 0 Å². The first kappa shape index (κ1) is 21.8. The van der Waals surface area contributed by atoms with Gasteiger partial charge in [-0.05, 0) is 42.3 Å². The predicted molar refractivity (Wildman–Crippen MR) is 106 cm³/mol. The summed E-state index contributed by atoms with van der Waals surface area (Å²) in [5.41, 5.74) is 0.926. The number of halogens is 2. The van der Waals surface area contributed by atoms with Crippen LogP contribution in [0.15, 0.2) is 48.5 Å². The highest BCUT2D eigenvalue weighted by molar-refractivity contribution is 7.88. The highest BCUT2D eigenvalue weighted by atomic mass is 32.2. The van der Waals surface area contributed by atoms with Crippen molar-refractivity contribution < 1.29 is 25.6 Å². The highest BCUT2D eigenvalue weighted by Gasteiger charge is 2.36. The summed E-state index contributed by atoms with van der Waals surface area (Å²) >= 11 is 0. The van der Waals surface area contributed by atoms with E-state index < -0.39 is 37.7 Å². The van der Waals surface area contributed by atoms with Crippen LogP contribution in [0.2, 0.25) is 0 Å². The molecule has 6 nitrogen and oxygen atoms in total. The van der Waals surface area contributed by atoms with Crippen molar-refractivity contribution >= 4 is 20.0 Å². The van der Waals surface area contributed by atoms with Crippen LogP contribution in [-0.2, 0) is 31.6 Å². The Kier molecular flexibility index (Phi) is 6.37. The third kappa shape index (κ3) is 5.39. The van der Waals surface area contributed by atoms with E-state index in [0.717, 1.165) is 0 Å². The molecule has 2 aromatic rings. The third-order valence-corrected chi connectivity index (χ3v) is 8.58. The summed E-state index contributed by atoms with van der Waals surface area (Å²) in [4.78, 5) is 0. The van der Waals surface area contributed by atoms with Gasteiger partial charge in [-0.15, -0.1) is 0 Å². The van der Waals surface area contributed by atoms with Gasteiger partial charge in [0.05, 0.1) is 11.5 Å². The minimum atomic E-state index is -3.68. The summed E-state index contributed by atoms with van der Waals surface area (Å²) in [6.07, 6.45) is 0. The van der Waals surface area contributed by atoms with Gasteiger partial charge in [0.1, 0.15) is 11.6 Å². The van der Waals surface area contributed by atoms with Crippen LogP contribution >= 0.6 is 0 Å². The van der Waals surface area contributed by atoms with Gasteiger partial charge in [0.2, 0.25) is 20.0 Å². The lowest BCUT2D eigenvalue weighted by Crippen LogP contribution is -2.55. The summed E-state index contributed by atoms with van der Waals surface area (Å²) in [6, 6.07) is 9.93. The normalized spacial score (nSPS) is 19.3. The van der Waals surface area contributed by atoms with Gasteiger partial charge in [0.15, 0.2) is 0 Å². The van der Waals surface area contributed by atoms with Crippen molar-refractivity contribution in [3.05, 3.63) is 71.3 Å². The summed E-state index contributed by atoms with van der Waals surface area (Å²) in [6.45, 7) is 1.76. The molecule has 0 radical (unpaired) electrons. The zero-order valence-electron chi connectivity index (χ0n) is 15.8. The molecule has 1 aliphatic rings. The predicted octanol–water partition coefficient (Wildman–Crippen LogP) is 2.33. The maximum atomic E-state index is 13.0. The SMILES string of the molecule is C[C@@H]1CN(S(=O)(=O)Cc2ccc(F)cc2)CCN1S(=O)(=O)Cc1ccc(F)cc1. The topological polar surface area (TPSA) is 74.8 Å². The molecule has 0 bridgehead atoms. The number of sulfonamides is 2. The van der Waals surface area contributed by atoms with Crippen molar-refractivity contribution in [2.75, 3.05) is 19.6 Å². The second-order valence-electron chi connectivity index (χ2n) is 7.08. The van der Waals surface area contributed by atoms with Gasteiger partial charge in [-0.25, -0.2) is 25.6 Å². The fourth-order valence-electron chi connectivity index (χ4n) is 3.33. The van der Waals surface area contributed by atoms with Gasteiger partial charge in [0.25, 0.3) is 0 Å². The zero-order valence-corrected chi connectivity index (χ0v) is 17.5. The Hall–Kier alpha value is -1.88. The Morgan fingerprint density at radius 2 is 1.24 bits per heavy atom. The van der Waals surface area contributed by atoms with Gasteiger partial charge in [-0.3, -0.25) is 0 Å². The van der Waals surface area contributed by atoms with Crippen molar-refractivity contribution in [2.45, 2.75) is 24.5 Å². The monoisotopic (exact) mass is 444 g/mol.